The molecular formula is C24H52N2O4. The molecule has 4 N–H and O–H groups in total. The highest BCUT2D eigenvalue weighted by Crippen LogP contribution is 2.05. The molecule has 0 aliphatic rings. The lowest BCUT2D eigenvalue weighted by Gasteiger charge is -2.14. The van der Waals surface area contributed by atoms with Crippen molar-refractivity contribution in [2.24, 2.45) is 0 Å². The Bertz CT molecular complexity index is 292. The Morgan fingerprint density at radius 1 is 0.567 bits per heavy atom. The molecule has 0 saturated heterocycles. The fourth-order valence-electron chi connectivity index (χ4n) is 3.24. The summed E-state index contributed by atoms with van der Waals surface area (Å²) in [6.45, 7) is 9.28. The van der Waals surface area contributed by atoms with Crippen LogP contribution in [0.25, 0.3) is 0 Å². The van der Waals surface area contributed by atoms with Crippen molar-refractivity contribution < 1.29 is 19.7 Å². The second kappa shape index (κ2) is 25.0. The molecular weight excluding hydrogens is 380 g/mol. The Kier molecular flexibility index (Phi) is 24.8. The summed E-state index contributed by atoms with van der Waals surface area (Å²) in [5.41, 5.74) is 0. The predicted molar refractivity (Wildman–Crippen MR) is 126 cm³/mol. The van der Waals surface area contributed by atoms with E-state index in [0.29, 0.717) is 26.3 Å². The Labute approximate surface area is 186 Å². The highest BCUT2D eigenvalue weighted by atomic mass is 16.5. The Morgan fingerprint density at radius 2 is 0.933 bits per heavy atom. The van der Waals surface area contributed by atoms with E-state index in [0.717, 1.165) is 39.1 Å². The summed E-state index contributed by atoms with van der Waals surface area (Å²) in [5, 5.41) is 26.2. The molecule has 182 valence electrons. The lowest BCUT2D eigenvalue weighted by atomic mass is 10.1. The average molecular weight is 433 g/mol. The van der Waals surface area contributed by atoms with Gasteiger partial charge in [0.05, 0.1) is 25.4 Å². The zero-order chi connectivity index (χ0) is 22.1. The van der Waals surface area contributed by atoms with Gasteiger partial charge < -0.3 is 30.3 Å². The summed E-state index contributed by atoms with van der Waals surface area (Å²) in [6.07, 6.45) is 14.1. The van der Waals surface area contributed by atoms with Crippen molar-refractivity contribution in [2.45, 2.75) is 103 Å². The van der Waals surface area contributed by atoms with Gasteiger partial charge in [-0.05, 0) is 12.8 Å². The van der Waals surface area contributed by atoms with E-state index in [1.807, 2.05) is 0 Å². The van der Waals surface area contributed by atoms with Crippen molar-refractivity contribution in [3.8, 4) is 0 Å². The smallest absolute Gasteiger partial charge is 0.0897 e. The second-order valence-corrected chi connectivity index (χ2v) is 8.40. The molecule has 0 saturated carbocycles. The number of aliphatic hydroxyl groups is 2. The molecule has 2 atom stereocenters. The molecule has 0 aliphatic carbocycles. The Morgan fingerprint density at radius 3 is 1.33 bits per heavy atom. The number of nitrogens with one attached hydrogen (secondary N) is 2. The maximum atomic E-state index is 9.90. The topological polar surface area (TPSA) is 83.0 Å². The fraction of sp³-hybridized carbons (Fsp3) is 1.00. The molecule has 0 fully saturated rings. The van der Waals surface area contributed by atoms with Gasteiger partial charge in [-0.2, -0.15) is 0 Å². The van der Waals surface area contributed by atoms with Gasteiger partial charge in [-0.1, -0.05) is 78.1 Å². The lowest BCUT2D eigenvalue weighted by Crippen LogP contribution is -2.37. The van der Waals surface area contributed by atoms with Crippen LogP contribution in [0.4, 0.5) is 0 Å². The van der Waals surface area contributed by atoms with Gasteiger partial charge in [0, 0.05) is 39.4 Å². The second-order valence-electron chi connectivity index (χ2n) is 8.40. The molecule has 0 aromatic carbocycles. The first kappa shape index (κ1) is 29.8. The normalized spacial score (nSPS) is 13.6. The zero-order valence-electron chi connectivity index (χ0n) is 20.0. The molecule has 0 spiro atoms. The van der Waals surface area contributed by atoms with Gasteiger partial charge >= 0.3 is 0 Å². The van der Waals surface area contributed by atoms with Crippen molar-refractivity contribution in [2.75, 3.05) is 52.6 Å². The Hall–Kier alpha value is -0.240. The van der Waals surface area contributed by atoms with Crippen LogP contribution in [0.1, 0.15) is 90.9 Å². The number of hydrogen-bond acceptors (Lipinski definition) is 6. The van der Waals surface area contributed by atoms with E-state index in [9.17, 15) is 10.2 Å². The van der Waals surface area contributed by atoms with Crippen LogP contribution in [0.15, 0.2) is 0 Å². The van der Waals surface area contributed by atoms with Crippen LogP contribution in [-0.2, 0) is 9.47 Å². The third-order valence-corrected chi connectivity index (χ3v) is 5.14. The molecule has 0 amide bonds. The monoisotopic (exact) mass is 432 g/mol. The van der Waals surface area contributed by atoms with E-state index in [-0.39, 0.29) is 0 Å². The average Bonchev–Trinajstić information content (AvgIpc) is 2.74. The molecule has 0 radical (unpaired) electrons. The third-order valence-electron chi connectivity index (χ3n) is 5.14. The van der Waals surface area contributed by atoms with Gasteiger partial charge in [-0.3, -0.25) is 0 Å². The maximum Gasteiger partial charge on any atom is 0.0897 e. The quantitative estimate of drug-likeness (QED) is 0.165. The van der Waals surface area contributed by atoms with Crippen LogP contribution in [0, 0.1) is 0 Å². The highest BCUT2D eigenvalue weighted by molar-refractivity contribution is 4.62. The number of ether oxygens (including phenoxy) is 2. The summed E-state index contributed by atoms with van der Waals surface area (Å²) in [7, 11) is 0. The van der Waals surface area contributed by atoms with Crippen molar-refractivity contribution in [1.29, 1.82) is 0 Å². The van der Waals surface area contributed by atoms with Crippen LogP contribution in [0.3, 0.4) is 0 Å². The largest absolute Gasteiger partial charge is 0.389 e. The number of rotatable bonds is 25. The first-order valence-corrected chi connectivity index (χ1v) is 12.6. The van der Waals surface area contributed by atoms with Crippen molar-refractivity contribution >= 4 is 0 Å². The summed E-state index contributed by atoms with van der Waals surface area (Å²) in [6, 6.07) is 0. The molecule has 6 heteroatoms. The molecule has 0 aromatic heterocycles. The zero-order valence-corrected chi connectivity index (χ0v) is 20.0. The minimum atomic E-state index is -0.467. The predicted octanol–water partition coefficient (Wildman–Crippen LogP) is 3.64. The molecule has 0 rings (SSSR count). The van der Waals surface area contributed by atoms with Gasteiger partial charge in [-0.25, -0.2) is 0 Å². The number of aliphatic hydroxyl groups excluding tert-OH is 2. The van der Waals surface area contributed by atoms with E-state index >= 15 is 0 Å². The SMILES string of the molecule is CCCCCCCCOC[C@H](O)CNCCNC[C@H](O)COCCCCCCCC. The van der Waals surface area contributed by atoms with Crippen molar-refractivity contribution in [3.05, 3.63) is 0 Å². The standard InChI is InChI=1S/C24H52N2O4/c1-3-5-7-9-11-13-17-29-21-23(27)19-25-15-16-26-20-24(28)22-30-18-14-12-10-8-6-4-2/h23-28H,3-22H2,1-2H3/t23-,24+. The molecule has 0 aromatic rings. The van der Waals surface area contributed by atoms with E-state index < -0.39 is 12.2 Å². The minimum Gasteiger partial charge on any atom is -0.389 e. The third kappa shape index (κ3) is 24.0. The maximum absolute atomic E-state index is 9.90. The molecule has 0 aliphatic heterocycles. The molecule has 0 heterocycles. The molecule has 6 nitrogen and oxygen atoms in total. The van der Waals surface area contributed by atoms with Gasteiger partial charge in [0.15, 0.2) is 0 Å². The minimum absolute atomic E-state index is 0.393. The first-order chi connectivity index (χ1) is 14.7. The van der Waals surface area contributed by atoms with Gasteiger partial charge in [0.1, 0.15) is 0 Å². The van der Waals surface area contributed by atoms with Crippen LogP contribution >= 0.6 is 0 Å². The molecule has 0 bridgehead atoms. The van der Waals surface area contributed by atoms with E-state index in [1.165, 1.54) is 64.2 Å². The number of unbranched alkanes of at least 4 members (excludes halogenated alkanes) is 10. The van der Waals surface area contributed by atoms with E-state index in [2.05, 4.69) is 24.5 Å². The van der Waals surface area contributed by atoms with Gasteiger partial charge in [0.25, 0.3) is 0 Å². The summed E-state index contributed by atoms with van der Waals surface area (Å²) < 4.78 is 11.1. The van der Waals surface area contributed by atoms with Crippen LogP contribution in [0.2, 0.25) is 0 Å². The van der Waals surface area contributed by atoms with Gasteiger partial charge in [-0.15, -0.1) is 0 Å². The fourth-order valence-corrected chi connectivity index (χ4v) is 3.24. The van der Waals surface area contributed by atoms with E-state index in [4.69, 9.17) is 9.47 Å². The van der Waals surface area contributed by atoms with Gasteiger partial charge in [0.2, 0.25) is 0 Å². The summed E-state index contributed by atoms with van der Waals surface area (Å²) >= 11 is 0. The van der Waals surface area contributed by atoms with Crippen LogP contribution < -0.4 is 10.6 Å². The lowest BCUT2D eigenvalue weighted by molar-refractivity contribution is 0.0339. The van der Waals surface area contributed by atoms with Crippen LogP contribution in [-0.4, -0.2) is 75.0 Å². The molecule has 0 unspecified atom stereocenters. The number of hydrogen-bond donors (Lipinski definition) is 4. The Balaban J connectivity index is 3.25. The first-order valence-electron chi connectivity index (χ1n) is 12.6. The summed E-state index contributed by atoms with van der Waals surface area (Å²) in [4.78, 5) is 0. The summed E-state index contributed by atoms with van der Waals surface area (Å²) in [5.74, 6) is 0. The van der Waals surface area contributed by atoms with Crippen LogP contribution in [0.5, 0.6) is 0 Å². The molecule has 30 heavy (non-hydrogen) atoms. The van der Waals surface area contributed by atoms with E-state index in [1.54, 1.807) is 0 Å². The highest BCUT2D eigenvalue weighted by Gasteiger charge is 2.05. The van der Waals surface area contributed by atoms with Crippen molar-refractivity contribution in [3.63, 3.8) is 0 Å². The van der Waals surface area contributed by atoms with Crippen molar-refractivity contribution in [1.82, 2.24) is 10.6 Å².